The molecule has 2 heteroatoms. The number of carbonyl (C=O) groups is 1. The third-order valence-electron chi connectivity index (χ3n) is 4.07. The van der Waals surface area contributed by atoms with Crippen LogP contribution in [-0.4, -0.2) is 10.9 Å². The van der Waals surface area contributed by atoms with Crippen LogP contribution in [0.3, 0.4) is 0 Å². The van der Waals surface area contributed by atoms with Gasteiger partial charge in [0.05, 0.1) is 0 Å². The summed E-state index contributed by atoms with van der Waals surface area (Å²) >= 11 is 0. The summed E-state index contributed by atoms with van der Waals surface area (Å²) in [5.41, 5.74) is 3.91. The van der Waals surface area contributed by atoms with Gasteiger partial charge in [0.1, 0.15) is 5.75 Å². The van der Waals surface area contributed by atoms with Gasteiger partial charge in [0.2, 0.25) is 0 Å². The average Bonchev–Trinajstić information content (AvgIpc) is 2.69. The summed E-state index contributed by atoms with van der Waals surface area (Å²) in [6, 6.07) is 24.4. The first-order chi connectivity index (χ1) is 12.7. The molecule has 0 saturated carbocycles. The molecule has 0 aliphatic carbocycles. The third kappa shape index (κ3) is 4.81. The molecule has 0 amide bonds. The molecular formula is C24H20O2. The van der Waals surface area contributed by atoms with Crippen molar-refractivity contribution in [2.75, 3.05) is 0 Å². The lowest BCUT2D eigenvalue weighted by Gasteiger charge is -2.03. The molecular weight excluding hydrogens is 320 g/mol. The van der Waals surface area contributed by atoms with Gasteiger partial charge in [-0.1, -0.05) is 85.0 Å². The maximum absolute atomic E-state index is 12.2. The van der Waals surface area contributed by atoms with E-state index in [4.69, 9.17) is 0 Å². The quantitative estimate of drug-likeness (QED) is 0.472. The molecule has 0 radical (unpaired) electrons. The first-order valence-corrected chi connectivity index (χ1v) is 8.53. The second kappa shape index (κ2) is 8.63. The van der Waals surface area contributed by atoms with E-state index in [0.29, 0.717) is 5.56 Å². The summed E-state index contributed by atoms with van der Waals surface area (Å²) < 4.78 is 0. The molecule has 0 spiro atoms. The van der Waals surface area contributed by atoms with Crippen molar-refractivity contribution < 1.29 is 9.90 Å². The lowest BCUT2D eigenvalue weighted by Crippen LogP contribution is -1.93. The largest absolute Gasteiger partial charge is 0.508 e. The second-order valence-corrected chi connectivity index (χ2v) is 5.96. The van der Waals surface area contributed by atoms with Crippen LogP contribution >= 0.6 is 0 Å². The smallest absolute Gasteiger partial charge is 0.185 e. The minimum absolute atomic E-state index is 0.0000356. The van der Waals surface area contributed by atoms with E-state index in [1.165, 1.54) is 0 Å². The third-order valence-corrected chi connectivity index (χ3v) is 4.07. The molecule has 0 aliphatic heterocycles. The Bertz CT molecular complexity index is 920. The Labute approximate surface area is 153 Å². The van der Waals surface area contributed by atoms with E-state index in [0.717, 1.165) is 23.1 Å². The Morgan fingerprint density at radius 1 is 0.808 bits per heavy atom. The van der Waals surface area contributed by atoms with Crippen molar-refractivity contribution in [1.82, 2.24) is 0 Å². The summed E-state index contributed by atoms with van der Waals surface area (Å²) in [7, 11) is 0. The van der Waals surface area contributed by atoms with Crippen LogP contribution in [0.5, 0.6) is 5.75 Å². The molecule has 0 bridgehead atoms. The van der Waals surface area contributed by atoms with Gasteiger partial charge < -0.3 is 5.11 Å². The summed E-state index contributed by atoms with van der Waals surface area (Å²) in [6.45, 7) is 0. The number of allylic oxidation sites excluding steroid dienone is 2. The normalized spacial score (nSPS) is 11.2. The van der Waals surface area contributed by atoms with Crippen LogP contribution in [0.4, 0.5) is 0 Å². The van der Waals surface area contributed by atoms with Crippen LogP contribution in [0.15, 0.2) is 91.0 Å². The van der Waals surface area contributed by atoms with Crippen molar-refractivity contribution in [3.8, 4) is 5.75 Å². The molecule has 0 atom stereocenters. The minimum Gasteiger partial charge on any atom is -0.508 e. The molecule has 0 aromatic heterocycles. The number of phenols is 1. The van der Waals surface area contributed by atoms with Crippen LogP contribution in [0.2, 0.25) is 0 Å². The predicted octanol–water partition coefficient (Wildman–Crippen LogP) is 5.54. The van der Waals surface area contributed by atoms with Crippen LogP contribution in [0.25, 0.3) is 12.2 Å². The van der Waals surface area contributed by atoms with Crippen LogP contribution in [0.1, 0.15) is 27.0 Å². The Morgan fingerprint density at radius 3 is 2.27 bits per heavy atom. The van der Waals surface area contributed by atoms with E-state index in [-0.39, 0.29) is 11.5 Å². The van der Waals surface area contributed by atoms with Gasteiger partial charge in [0, 0.05) is 5.56 Å². The Kier molecular flexibility index (Phi) is 5.79. The fraction of sp³-hybridized carbons (Fsp3) is 0.0417. The molecule has 2 nitrogen and oxygen atoms in total. The number of hydrogen-bond acceptors (Lipinski definition) is 2. The van der Waals surface area contributed by atoms with Crippen molar-refractivity contribution in [3.63, 3.8) is 0 Å². The van der Waals surface area contributed by atoms with Gasteiger partial charge >= 0.3 is 0 Å². The summed E-state index contributed by atoms with van der Waals surface area (Å²) in [4.78, 5) is 12.2. The summed E-state index contributed by atoms with van der Waals surface area (Å²) in [5, 5.41) is 9.32. The van der Waals surface area contributed by atoms with Crippen molar-refractivity contribution in [3.05, 3.63) is 113 Å². The molecule has 0 aliphatic rings. The van der Waals surface area contributed by atoms with Crippen molar-refractivity contribution >= 4 is 17.9 Å². The molecule has 128 valence electrons. The molecule has 26 heavy (non-hydrogen) atoms. The Balaban J connectivity index is 1.71. The highest BCUT2D eigenvalue weighted by molar-refractivity contribution is 6.06. The number of rotatable bonds is 6. The Morgan fingerprint density at radius 2 is 1.50 bits per heavy atom. The van der Waals surface area contributed by atoms with Gasteiger partial charge in [-0.05, 0) is 41.3 Å². The molecule has 0 unspecified atom stereocenters. The van der Waals surface area contributed by atoms with Crippen molar-refractivity contribution in [1.29, 1.82) is 0 Å². The zero-order valence-electron chi connectivity index (χ0n) is 14.4. The van der Waals surface area contributed by atoms with Gasteiger partial charge in [-0.25, -0.2) is 0 Å². The first-order valence-electron chi connectivity index (χ1n) is 8.53. The zero-order chi connectivity index (χ0) is 18.2. The highest BCUT2D eigenvalue weighted by atomic mass is 16.3. The van der Waals surface area contributed by atoms with Gasteiger partial charge in [-0.15, -0.1) is 0 Å². The number of benzene rings is 3. The summed E-state index contributed by atoms with van der Waals surface area (Å²) in [5.74, 6) is 0.265. The number of aromatic hydroxyl groups is 1. The van der Waals surface area contributed by atoms with Gasteiger partial charge in [0.15, 0.2) is 5.78 Å². The van der Waals surface area contributed by atoms with E-state index in [1.807, 2.05) is 72.8 Å². The van der Waals surface area contributed by atoms with Gasteiger partial charge in [-0.2, -0.15) is 0 Å². The highest BCUT2D eigenvalue weighted by Crippen LogP contribution is 2.15. The monoisotopic (exact) mass is 340 g/mol. The summed E-state index contributed by atoms with van der Waals surface area (Å²) in [6.07, 6.45) is 8.37. The van der Waals surface area contributed by atoms with Crippen LogP contribution < -0.4 is 0 Å². The topological polar surface area (TPSA) is 37.3 Å². The van der Waals surface area contributed by atoms with Crippen LogP contribution in [-0.2, 0) is 6.42 Å². The maximum Gasteiger partial charge on any atom is 0.185 e. The molecule has 0 fully saturated rings. The lowest BCUT2D eigenvalue weighted by molar-refractivity contribution is 0.104. The molecule has 3 aromatic carbocycles. The SMILES string of the molecule is O=C(C=Cc1ccccc1C/C=C/c1ccc(O)cc1)c1ccccc1. The highest BCUT2D eigenvalue weighted by Gasteiger charge is 2.01. The number of phenolic OH excluding ortho intramolecular Hbond substituents is 1. The van der Waals surface area contributed by atoms with Crippen molar-refractivity contribution in [2.45, 2.75) is 6.42 Å². The average molecular weight is 340 g/mol. The van der Waals surface area contributed by atoms with Gasteiger partial charge in [-0.3, -0.25) is 4.79 Å². The fourth-order valence-corrected chi connectivity index (χ4v) is 2.65. The van der Waals surface area contributed by atoms with Crippen molar-refractivity contribution in [2.24, 2.45) is 0 Å². The Hall–Kier alpha value is -3.39. The van der Waals surface area contributed by atoms with E-state index in [2.05, 4.69) is 12.1 Å². The molecule has 3 aromatic rings. The van der Waals surface area contributed by atoms with E-state index in [1.54, 1.807) is 18.2 Å². The van der Waals surface area contributed by atoms with E-state index in [9.17, 15) is 9.90 Å². The first kappa shape index (κ1) is 17.4. The standard InChI is InChI=1S/C24H20O2/c25-23-16-13-19(14-17-23)7-6-12-20-8-4-5-9-21(20)15-18-24(26)22-10-2-1-3-11-22/h1-11,13-18,25H,12H2/b7-6+,18-15?. The van der Waals surface area contributed by atoms with Gasteiger partial charge in [0.25, 0.3) is 0 Å². The number of hydrogen-bond donors (Lipinski definition) is 1. The number of ketones is 1. The predicted molar refractivity (Wildman–Crippen MR) is 107 cm³/mol. The fourth-order valence-electron chi connectivity index (χ4n) is 2.65. The maximum atomic E-state index is 12.2. The number of carbonyl (C=O) groups excluding carboxylic acids is 1. The molecule has 0 heterocycles. The van der Waals surface area contributed by atoms with E-state index >= 15 is 0 Å². The lowest BCUT2D eigenvalue weighted by atomic mass is 10.0. The molecule has 3 rings (SSSR count). The second-order valence-electron chi connectivity index (χ2n) is 5.96. The van der Waals surface area contributed by atoms with E-state index < -0.39 is 0 Å². The molecule has 0 saturated heterocycles. The van der Waals surface area contributed by atoms with Crippen LogP contribution in [0, 0.1) is 0 Å². The zero-order valence-corrected chi connectivity index (χ0v) is 14.4. The molecule has 1 N–H and O–H groups in total. The minimum atomic E-state index is 0.0000356.